The molecule has 0 aromatic heterocycles. The molecule has 6 heteroatoms. The summed E-state index contributed by atoms with van der Waals surface area (Å²) in [5.74, 6) is -2.51. The van der Waals surface area contributed by atoms with Gasteiger partial charge in [0, 0.05) is 25.2 Å². The molecule has 1 aromatic carbocycles. The summed E-state index contributed by atoms with van der Waals surface area (Å²) in [5, 5.41) is 3.20. The van der Waals surface area contributed by atoms with Crippen molar-refractivity contribution in [2.45, 2.75) is 12.5 Å². The van der Waals surface area contributed by atoms with E-state index in [0.29, 0.717) is 19.6 Å². The average molecular weight is 284 g/mol. The molecule has 1 unspecified atom stereocenters. The van der Waals surface area contributed by atoms with Gasteiger partial charge in [0.15, 0.2) is 11.6 Å². The van der Waals surface area contributed by atoms with E-state index in [1.54, 1.807) is 0 Å². The predicted octanol–water partition coefficient (Wildman–Crippen LogP) is 1.47. The van der Waals surface area contributed by atoms with Crippen LogP contribution >= 0.6 is 0 Å². The van der Waals surface area contributed by atoms with E-state index in [9.17, 15) is 13.6 Å². The smallest absolute Gasteiger partial charge is 0.327 e. The molecule has 0 bridgehead atoms. The molecular weight excluding hydrogens is 266 g/mol. The van der Waals surface area contributed by atoms with Crippen LogP contribution in [0.4, 0.5) is 8.78 Å². The molecule has 1 heterocycles. The van der Waals surface area contributed by atoms with Crippen molar-refractivity contribution in [3.63, 3.8) is 0 Å². The Morgan fingerprint density at radius 2 is 2.15 bits per heavy atom. The largest absolute Gasteiger partial charge is 0.468 e. The first-order valence-corrected chi connectivity index (χ1v) is 6.61. The summed E-state index contributed by atoms with van der Waals surface area (Å²) in [6.45, 7) is 2.75. The van der Waals surface area contributed by atoms with Gasteiger partial charge in [-0.15, -0.1) is 0 Å². The Bertz CT molecular complexity index is 474. The van der Waals surface area contributed by atoms with E-state index in [1.165, 1.54) is 19.2 Å². The molecule has 4 nitrogen and oxygen atoms in total. The fourth-order valence-corrected chi connectivity index (χ4v) is 2.44. The average Bonchev–Trinajstić information content (AvgIpc) is 2.72. The maximum atomic E-state index is 14.0. The monoisotopic (exact) mass is 284 g/mol. The fourth-order valence-electron chi connectivity index (χ4n) is 2.44. The van der Waals surface area contributed by atoms with Crippen LogP contribution in [0.1, 0.15) is 18.0 Å². The number of ether oxygens (including phenoxy) is 1. The van der Waals surface area contributed by atoms with Crippen LogP contribution in [0.25, 0.3) is 0 Å². The zero-order valence-electron chi connectivity index (χ0n) is 11.4. The molecule has 1 aliphatic heterocycles. The van der Waals surface area contributed by atoms with Crippen molar-refractivity contribution in [2.75, 3.05) is 33.3 Å². The Morgan fingerprint density at radius 1 is 1.35 bits per heavy atom. The number of rotatable bonds is 3. The summed E-state index contributed by atoms with van der Waals surface area (Å²) >= 11 is 0. The zero-order valence-corrected chi connectivity index (χ0v) is 11.4. The van der Waals surface area contributed by atoms with Gasteiger partial charge in [-0.1, -0.05) is 12.1 Å². The quantitative estimate of drug-likeness (QED) is 0.854. The molecule has 110 valence electrons. The highest BCUT2D eigenvalue weighted by Crippen LogP contribution is 2.26. The van der Waals surface area contributed by atoms with Crippen LogP contribution in [0.15, 0.2) is 18.2 Å². The molecule has 1 atom stereocenters. The minimum atomic E-state index is -0.986. The number of hydrogen-bond donors (Lipinski definition) is 1. The van der Waals surface area contributed by atoms with Crippen LogP contribution in [0.2, 0.25) is 0 Å². The number of benzene rings is 1. The van der Waals surface area contributed by atoms with Gasteiger partial charge in [0.25, 0.3) is 0 Å². The molecule has 0 amide bonds. The second-order valence-electron chi connectivity index (χ2n) is 4.71. The van der Waals surface area contributed by atoms with E-state index in [4.69, 9.17) is 4.74 Å². The van der Waals surface area contributed by atoms with E-state index < -0.39 is 23.6 Å². The third kappa shape index (κ3) is 3.13. The lowest BCUT2D eigenvalue weighted by Crippen LogP contribution is -2.38. The topological polar surface area (TPSA) is 41.6 Å². The van der Waals surface area contributed by atoms with E-state index in [1.807, 2.05) is 4.90 Å². The van der Waals surface area contributed by atoms with Crippen molar-refractivity contribution in [3.05, 3.63) is 35.4 Å². The van der Waals surface area contributed by atoms with Crippen molar-refractivity contribution >= 4 is 5.97 Å². The van der Waals surface area contributed by atoms with Crippen molar-refractivity contribution < 1.29 is 18.3 Å². The first kappa shape index (κ1) is 14.9. The SMILES string of the molecule is COC(=O)C(c1cccc(F)c1F)N1CCCNCC1. The van der Waals surface area contributed by atoms with E-state index in [2.05, 4.69) is 5.32 Å². The van der Waals surface area contributed by atoms with Crippen LogP contribution in [0.5, 0.6) is 0 Å². The summed E-state index contributed by atoms with van der Waals surface area (Å²) in [6, 6.07) is 2.96. The highest BCUT2D eigenvalue weighted by Gasteiger charge is 2.32. The summed E-state index contributed by atoms with van der Waals surface area (Å²) in [6.07, 6.45) is 0.838. The number of carbonyl (C=O) groups is 1. The highest BCUT2D eigenvalue weighted by atomic mass is 19.2. The van der Waals surface area contributed by atoms with Crippen molar-refractivity contribution in [2.24, 2.45) is 0 Å². The van der Waals surface area contributed by atoms with Gasteiger partial charge < -0.3 is 10.1 Å². The predicted molar refractivity (Wildman–Crippen MR) is 70.2 cm³/mol. The van der Waals surface area contributed by atoms with E-state index >= 15 is 0 Å². The van der Waals surface area contributed by atoms with Gasteiger partial charge in [-0.2, -0.15) is 0 Å². The Kier molecular flexibility index (Phi) is 5.03. The number of esters is 1. The molecule has 1 saturated heterocycles. The number of nitrogens with zero attached hydrogens (tertiary/aromatic N) is 1. The van der Waals surface area contributed by atoms with Crippen LogP contribution in [-0.4, -0.2) is 44.2 Å². The Balaban J connectivity index is 2.36. The van der Waals surface area contributed by atoms with E-state index in [-0.39, 0.29) is 5.56 Å². The summed E-state index contributed by atoms with van der Waals surface area (Å²) in [5.41, 5.74) is 0.0266. The third-order valence-corrected chi connectivity index (χ3v) is 3.44. The summed E-state index contributed by atoms with van der Waals surface area (Å²) in [4.78, 5) is 13.8. The van der Waals surface area contributed by atoms with E-state index in [0.717, 1.165) is 19.0 Å². The summed E-state index contributed by atoms with van der Waals surface area (Å²) in [7, 11) is 1.25. The molecule has 1 N–H and O–H groups in total. The maximum absolute atomic E-state index is 14.0. The molecule has 2 rings (SSSR count). The van der Waals surface area contributed by atoms with Gasteiger partial charge in [-0.3, -0.25) is 4.90 Å². The minimum Gasteiger partial charge on any atom is -0.468 e. The molecular formula is C14H18F2N2O2. The molecule has 0 spiro atoms. The second kappa shape index (κ2) is 6.76. The lowest BCUT2D eigenvalue weighted by Gasteiger charge is -2.28. The number of nitrogens with one attached hydrogen (secondary N) is 1. The lowest BCUT2D eigenvalue weighted by molar-refractivity contribution is -0.147. The van der Waals surface area contributed by atoms with Crippen LogP contribution in [0.3, 0.4) is 0 Å². The molecule has 0 saturated carbocycles. The van der Waals surface area contributed by atoms with Gasteiger partial charge in [0.2, 0.25) is 0 Å². The molecule has 0 aliphatic carbocycles. The number of hydrogen-bond acceptors (Lipinski definition) is 4. The number of methoxy groups -OCH3 is 1. The van der Waals surface area contributed by atoms with Crippen molar-refractivity contribution in [3.8, 4) is 0 Å². The lowest BCUT2D eigenvalue weighted by atomic mass is 10.0. The normalized spacial score (nSPS) is 18.4. The number of halogens is 2. The first-order valence-electron chi connectivity index (χ1n) is 6.61. The van der Waals surface area contributed by atoms with Crippen LogP contribution in [0, 0.1) is 11.6 Å². The maximum Gasteiger partial charge on any atom is 0.327 e. The van der Waals surface area contributed by atoms with Crippen molar-refractivity contribution in [1.29, 1.82) is 0 Å². The number of carbonyl (C=O) groups excluding carboxylic acids is 1. The molecule has 1 aliphatic rings. The van der Waals surface area contributed by atoms with Gasteiger partial charge >= 0.3 is 5.97 Å². The minimum absolute atomic E-state index is 0.0266. The molecule has 0 radical (unpaired) electrons. The van der Waals surface area contributed by atoms with Crippen LogP contribution in [-0.2, 0) is 9.53 Å². The molecule has 1 fully saturated rings. The van der Waals surface area contributed by atoms with Crippen molar-refractivity contribution in [1.82, 2.24) is 10.2 Å². The second-order valence-corrected chi connectivity index (χ2v) is 4.71. The highest BCUT2D eigenvalue weighted by molar-refractivity contribution is 5.77. The standard InChI is InChI=1S/C14H18F2N2O2/c1-20-14(19)13(18-8-3-6-17-7-9-18)10-4-2-5-11(15)12(10)16/h2,4-5,13,17H,3,6-9H2,1H3. The zero-order chi connectivity index (χ0) is 14.5. The van der Waals surface area contributed by atoms with Gasteiger partial charge in [-0.25, -0.2) is 13.6 Å². The third-order valence-electron chi connectivity index (χ3n) is 3.44. The first-order chi connectivity index (χ1) is 9.65. The molecule has 1 aromatic rings. The van der Waals surface area contributed by atoms with Gasteiger partial charge in [-0.05, 0) is 19.0 Å². The molecule has 20 heavy (non-hydrogen) atoms. The van der Waals surface area contributed by atoms with Crippen LogP contribution < -0.4 is 5.32 Å². The Morgan fingerprint density at radius 3 is 2.90 bits per heavy atom. The van der Waals surface area contributed by atoms with Gasteiger partial charge in [0.05, 0.1) is 7.11 Å². The summed E-state index contributed by atoms with van der Waals surface area (Å²) < 4.78 is 32.1. The van der Waals surface area contributed by atoms with Gasteiger partial charge in [0.1, 0.15) is 6.04 Å². The fraction of sp³-hybridized carbons (Fsp3) is 0.500. The Labute approximate surface area is 116 Å². The Hall–Kier alpha value is -1.53.